The Kier molecular flexibility index (Phi) is 97.0. The van der Waals surface area contributed by atoms with Crippen molar-refractivity contribution in [2.24, 2.45) is 0 Å². The van der Waals surface area contributed by atoms with Gasteiger partial charge >= 0.3 is 0 Å². The van der Waals surface area contributed by atoms with E-state index in [1.807, 2.05) is 0 Å². The first-order chi connectivity index (χ1) is 6.41. The van der Waals surface area contributed by atoms with Crippen LogP contribution >= 0.6 is 0 Å². The van der Waals surface area contributed by atoms with Crippen molar-refractivity contribution < 1.29 is 32.9 Å². The molecule has 0 saturated carbocycles. The van der Waals surface area contributed by atoms with Gasteiger partial charge in [-0.05, 0) is 0 Å². The van der Waals surface area contributed by atoms with Crippen molar-refractivity contribution in [1.82, 2.24) is 0 Å². The molecule has 128 valence electrons. The number of hydrogen-bond donors (Lipinski definition) is 0. The van der Waals surface area contributed by atoms with Crippen molar-refractivity contribution in [3.05, 3.63) is 0 Å². The average Bonchev–Trinajstić information content (AvgIpc) is 2.16. The van der Waals surface area contributed by atoms with Gasteiger partial charge in [0.15, 0.2) is 0 Å². The minimum atomic E-state index is 0. The third kappa shape index (κ3) is 46.3. The molecule has 0 aromatic heterocycles. The van der Waals surface area contributed by atoms with Gasteiger partial charge in [0, 0.05) is 0 Å². The lowest BCUT2D eigenvalue weighted by atomic mass is 10.1. The summed E-state index contributed by atoms with van der Waals surface area (Å²) in [5.41, 5.74) is 0. The Morgan fingerprint density at radius 1 is 0.316 bits per heavy atom. The van der Waals surface area contributed by atoms with Crippen LogP contribution in [-0.2, 0) is 0 Å². The standard InChI is InChI=1S/C13H28.6H2O/c1-3-5-7-9-11-13-12-10-8-6-4-2;;;;;;/h3-13H2,1-2H3;6*1H2. The molecule has 0 aliphatic rings. The second-order valence-corrected chi connectivity index (χ2v) is 4.18. The fourth-order valence-electron chi connectivity index (χ4n) is 1.74. The minimum Gasteiger partial charge on any atom is -0.412 e. The van der Waals surface area contributed by atoms with Crippen LogP contribution in [0.5, 0.6) is 0 Å². The SMILES string of the molecule is CCCCCCCCCCCCC.O.O.O.O.O.O. The molecule has 12 N–H and O–H groups in total. The molecular formula is C13H40O6. The third-order valence-electron chi connectivity index (χ3n) is 2.71. The van der Waals surface area contributed by atoms with E-state index in [1.54, 1.807) is 0 Å². The minimum absolute atomic E-state index is 0. The Morgan fingerprint density at radius 3 is 0.632 bits per heavy atom. The van der Waals surface area contributed by atoms with Crippen LogP contribution in [0.15, 0.2) is 0 Å². The zero-order valence-electron chi connectivity index (χ0n) is 12.8. The first kappa shape index (κ1) is 42.8. The molecule has 0 radical (unpaired) electrons. The van der Waals surface area contributed by atoms with E-state index in [2.05, 4.69) is 13.8 Å². The van der Waals surface area contributed by atoms with E-state index in [9.17, 15) is 0 Å². The maximum atomic E-state index is 2.28. The van der Waals surface area contributed by atoms with Crippen LogP contribution < -0.4 is 0 Å². The number of hydrogen-bond acceptors (Lipinski definition) is 0. The second-order valence-electron chi connectivity index (χ2n) is 4.18. The summed E-state index contributed by atoms with van der Waals surface area (Å²) < 4.78 is 0. The number of rotatable bonds is 10. The monoisotopic (exact) mass is 292 g/mol. The summed E-state index contributed by atoms with van der Waals surface area (Å²) in [6, 6.07) is 0. The van der Waals surface area contributed by atoms with Crippen molar-refractivity contribution in [2.45, 2.75) is 84.5 Å². The molecule has 0 aromatic rings. The van der Waals surface area contributed by atoms with Gasteiger partial charge in [-0.3, -0.25) is 0 Å². The van der Waals surface area contributed by atoms with Crippen LogP contribution in [0.3, 0.4) is 0 Å². The molecule has 0 unspecified atom stereocenters. The molecule has 0 heterocycles. The molecule has 6 nitrogen and oxygen atoms in total. The van der Waals surface area contributed by atoms with E-state index >= 15 is 0 Å². The molecule has 0 bridgehead atoms. The molecular weight excluding hydrogens is 252 g/mol. The normalized spacial score (nSPS) is 7.26. The van der Waals surface area contributed by atoms with E-state index in [0.29, 0.717) is 0 Å². The van der Waals surface area contributed by atoms with E-state index in [0.717, 1.165) is 0 Å². The summed E-state index contributed by atoms with van der Waals surface area (Å²) in [6.45, 7) is 4.56. The highest BCUT2D eigenvalue weighted by Gasteiger charge is 1.90. The Balaban J connectivity index is -0.0000000480. The molecule has 0 spiro atoms. The Hall–Kier alpha value is -0.240. The molecule has 6 heteroatoms. The summed E-state index contributed by atoms with van der Waals surface area (Å²) in [5, 5.41) is 0. The zero-order valence-corrected chi connectivity index (χ0v) is 12.8. The lowest BCUT2D eigenvalue weighted by Crippen LogP contribution is -1.80. The Bertz CT molecular complexity index is 83.2. The first-order valence-corrected chi connectivity index (χ1v) is 6.41. The molecule has 0 fully saturated rings. The van der Waals surface area contributed by atoms with E-state index in [1.165, 1.54) is 70.6 Å². The highest BCUT2D eigenvalue weighted by Crippen LogP contribution is 2.10. The predicted molar refractivity (Wildman–Crippen MR) is 83.8 cm³/mol. The van der Waals surface area contributed by atoms with Gasteiger partial charge in [-0.1, -0.05) is 84.5 Å². The maximum Gasteiger partial charge on any atom is -0.0533 e. The summed E-state index contributed by atoms with van der Waals surface area (Å²) in [6.07, 6.45) is 15.9. The topological polar surface area (TPSA) is 189 Å². The summed E-state index contributed by atoms with van der Waals surface area (Å²) in [5.74, 6) is 0. The molecule has 0 saturated heterocycles. The average molecular weight is 292 g/mol. The molecule has 0 amide bonds. The van der Waals surface area contributed by atoms with Crippen molar-refractivity contribution in [2.75, 3.05) is 0 Å². The highest BCUT2D eigenvalue weighted by molar-refractivity contribution is 4.46. The van der Waals surface area contributed by atoms with Gasteiger partial charge in [-0.25, -0.2) is 0 Å². The lowest BCUT2D eigenvalue weighted by molar-refractivity contribution is 0.554. The highest BCUT2D eigenvalue weighted by atomic mass is 16.0. The van der Waals surface area contributed by atoms with Crippen LogP contribution in [0.2, 0.25) is 0 Å². The molecule has 0 aliphatic carbocycles. The largest absolute Gasteiger partial charge is 0.412 e. The third-order valence-corrected chi connectivity index (χ3v) is 2.71. The Morgan fingerprint density at radius 2 is 0.474 bits per heavy atom. The van der Waals surface area contributed by atoms with Crippen LogP contribution in [0, 0.1) is 0 Å². The van der Waals surface area contributed by atoms with Crippen molar-refractivity contribution in [3.63, 3.8) is 0 Å². The summed E-state index contributed by atoms with van der Waals surface area (Å²) in [4.78, 5) is 0. The quantitative estimate of drug-likeness (QED) is 0.503. The van der Waals surface area contributed by atoms with Gasteiger partial charge < -0.3 is 32.9 Å². The first-order valence-electron chi connectivity index (χ1n) is 6.41. The lowest BCUT2D eigenvalue weighted by Gasteiger charge is -2.00. The molecule has 0 aliphatic heterocycles. The van der Waals surface area contributed by atoms with Crippen LogP contribution in [0.25, 0.3) is 0 Å². The van der Waals surface area contributed by atoms with Crippen molar-refractivity contribution in [1.29, 1.82) is 0 Å². The molecule has 0 aromatic carbocycles. The predicted octanol–water partition coefficient (Wildman–Crippen LogP) is 0.369. The van der Waals surface area contributed by atoms with Crippen LogP contribution in [0.1, 0.15) is 84.5 Å². The molecule has 19 heavy (non-hydrogen) atoms. The van der Waals surface area contributed by atoms with E-state index < -0.39 is 0 Å². The van der Waals surface area contributed by atoms with Gasteiger partial charge in [0.1, 0.15) is 0 Å². The van der Waals surface area contributed by atoms with Gasteiger partial charge in [-0.15, -0.1) is 0 Å². The number of unbranched alkanes of at least 4 members (excludes halogenated alkanes) is 10. The zero-order chi connectivity index (χ0) is 9.78. The molecule has 0 rings (SSSR count). The van der Waals surface area contributed by atoms with Crippen molar-refractivity contribution >= 4 is 0 Å². The molecule has 0 atom stereocenters. The fourth-order valence-corrected chi connectivity index (χ4v) is 1.74. The van der Waals surface area contributed by atoms with E-state index in [-0.39, 0.29) is 32.9 Å². The van der Waals surface area contributed by atoms with Crippen molar-refractivity contribution in [3.8, 4) is 0 Å². The van der Waals surface area contributed by atoms with Crippen LogP contribution in [0.4, 0.5) is 0 Å². The van der Waals surface area contributed by atoms with Gasteiger partial charge in [0.25, 0.3) is 0 Å². The fraction of sp³-hybridized carbons (Fsp3) is 1.00. The van der Waals surface area contributed by atoms with Crippen LogP contribution in [-0.4, -0.2) is 32.9 Å². The Labute approximate surface area is 118 Å². The smallest absolute Gasteiger partial charge is 0.0533 e. The summed E-state index contributed by atoms with van der Waals surface area (Å²) >= 11 is 0. The van der Waals surface area contributed by atoms with Gasteiger partial charge in [-0.2, -0.15) is 0 Å². The summed E-state index contributed by atoms with van der Waals surface area (Å²) in [7, 11) is 0. The van der Waals surface area contributed by atoms with Gasteiger partial charge in [0.05, 0.1) is 0 Å². The van der Waals surface area contributed by atoms with E-state index in [4.69, 9.17) is 0 Å². The second kappa shape index (κ2) is 43.1. The van der Waals surface area contributed by atoms with Gasteiger partial charge in [0.2, 0.25) is 0 Å². The maximum absolute atomic E-state index is 2.28.